The molecule has 0 saturated carbocycles. The molecule has 2 aliphatic heterocycles. The molecule has 2 heterocycles. The minimum atomic E-state index is -3.56. The van der Waals surface area contributed by atoms with Crippen LogP contribution in [-0.2, 0) is 22.9 Å². The minimum Gasteiger partial charge on any atom is -0.378 e. The number of ether oxygens (including phenoxy) is 1. The fourth-order valence-electron chi connectivity index (χ4n) is 2.04. The highest BCUT2D eigenvalue weighted by Crippen LogP contribution is 2.57. The Morgan fingerprint density at radius 1 is 1.71 bits per heavy atom. The van der Waals surface area contributed by atoms with Crippen LogP contribution in [0, 0.1) is 0 Å². The molecule has 0 aromatic rings. The van der Waals surface area contributed by atoms with Gasteiger partial charge in [-0.2, -0.15) is 0 Å². The third-order valence-corrected chi connectivity index (χ3v) is 4.64. The fourth-order valence-corrected chi connectivity index (χ4v) is 3.25. The zero-order chi connectivity index (χ0) is 12.7. The topological polar surface area (TPSA) is 103 Å². The number of phosphoric acid groups is 1. The molecule has 0 aromatic heterocycles. The van der Waals surface area contributed by atoms with Crippen LogP contribution in [0.5, 0.6) is 0 Å². The number of rotatable bonds is 2. The van der Waals surface area contributed by atoms with Crippen LogP contribution in [0.25, 0.3) is 10.4 Å². The minimum absolute atomic E-state index is 0.0939. The second-order valence-electron chi connectivity index (χ2n) is 4.18. The summed E-state index contributed by atoms with van der Waals surface area (Å²) in [4.78, 5) is 2.80. The van der Waals surface area contributed by atoms with E-state index in [-0.39, 0.29) is 12.6 Å². The molecule has 0 N–H and O–H groups in total. The smallest absolute Gasteiger partial charge is 0.378 e. The van der Waals surface area contributed by atoms with Gasteiger partial charge >= 0.3 is 7.82 Å². The van der Waals surface area contributed by atoms with Crippen molar-refractivity contribution in [2.75, 3.05) is 13.7 Å². The van der Waals surface area contributed by atoms with Gasteiger partial charge in [0.25, 0.3) is 0 Å². The van der Waals surface area contributed by atoms with Crippen molar-refractivity contribution in [2.24, 2.45) is 5.11 Å². The summed E-state index contributed by atoms with van der Waals surface area (Å²) in [7, 11) is -0.545. The summed E-state index contributed by atoms with van der Waals surface area (Å²) in [6.07, 6.45) is -1.04. The molecule has 2 aliphatic rings. The first-order chi connectivity index (χ1) is 7.95. The first kappa shape index (κ1) is 12.9. The van der Waals surface area contributed by atoms with Crippen LogP contribution in [-0.4, -0.2) is 45.3 Å². The third kappa shape index (κ3) is 1.99. The fraction of sp³-hybridized carbons (Fsp3) is 1.00. The molecule has 0 aliphatic carbocycles. The lowest BCUT2D eigenvalue weighted by atomic mass is 9.79. The van der Waals surface area contributed by atoms with E-state index in [0.29, 0.717) is 0 Å². The van der Waals surface area contributed by atoms with Gasteiger partial charge in [-0.15, -0.1) is 0 Å². The Bertz CT molecular complexity index is 416. The molecule has 0 spiro atoms. The zero-order valence-electron chi connectivity index (χ0n) is 9.77. The van der Waals surface area contributed by atoms with Gasteiger partial charge in [0, 0.05) is 18.0 Å². The molecule has 2 fully saturated rings. The predicted octanol–water partition coefficient (Wildman–Crippen LogP) is 0.583. The van der Waals surface area contributed by atoms with Crippen molar-refractivity contribution in [1.29, 1.82) is 0 Å². The Balaban J connectivity index is 2.31. The molecule has 0 radical (unpaired) electrons. The van der Waals surface area contributed by atoms with Crippen LogP contribution < -0.4 is 0 Å². The van der Waals surface area contributed by atoms with Crippen molar-refractivity contribution in [3.63, 3.8) is 0 Å². The Labute approximate surface area is 99.2 Å². The van der Waals surface area contributed by atoms with E-state index < -0.39 is 25.6 Å². The lowest BCUT2D eigenvalue weighted by molar-refractivity contribution is -0.0481. The largest absolute Gasteiger partial charge is 0.474 e. The van der Waals surface area contributed by atoms with Crippen LogP contribution in [0.2, 0.25) is 0 Å². The number of hydrogen-bond donors (Lipinski definition) is 0. The average molecular weight is 261 g/mol. The number of phosphoric ester groups is 1. The van der Waals surface area contributed by atoms with Crippen molar-refractivity contribution in [1.82, 2.24) is 0 Å². The summed E-state index contributed by atoms with van der Waals surface area (Å²) in [6, 6.07) is -0.347. The van der Waals surface area contributed by atoms with Gasteiger partial charge in [-0.3, -0.25) is 13.6 Å². The molecule has 8 nitrogen and oxygen atoms in total. The normalized spacial score (nSPS) is 49.4. The van der Waals surface area contributed by atoms with E-state index in [1.165, 1.54) is 7.11 Å². The van der Waals surface area contributed by atoms with E-state index in [4.69, 9.17) is 23.8 Å². The summed E-state index contributed by atoms with van der Waals surface area (Å²) in [6.45, 7) is 1.80. The maximum atomic E-state index is 11.9. The molecule has 2 saturated heterocycles. The second kappa shape index (κ2) is 4.28. The summed E-state index contributed by atoms with van der Waals surface area (Å²) in [5.41, 5.74) is 7.68. The first-order valence-corrected chi connectivity index (χ1v) is 6.61. The van der Waals surface area contributed by atoms with Crippen LogP contribution in [0.15, 0.2) is 5.11 Å². The molecular formula is C7H13BN3O5P. The maximum Gasteiger partial charge on any atom is 0.474 e. The highest BCUT2D eigenvalue weighted by Gasteiger charge is 2.57. The quantitative estimate of drug-likeness (QED) is 0.238. The number of azide groups is 1. The lowest BCUT2D eigenvalue weighted by Gasteiger charge is -2.34. The van der Waals surface area contributed by atoms with Crippen molar-refractivity contribution in [3.8, 4) is 0 Å². The Morgan fingerprint density at radius 2 is 2.41 bits per heavy atom. The molecule has 10 heteroatoms. The third-order valence-electron chi connectivity index (χ3n) is 3.24. The molecule has 1 unspecified atom stereocenters. The number of nitrogens with zero attached hydrogens (tertiary/aromatic N) is 3. The van der Waals surface area contributed by atoms with Gasteiger partial charge in [0.1, 0.15) is 20.1 Å². The van der Waals surface area contributed by atoms with Gasteiger partial charge in [-0.05, 0) is 12.5 Å². The lowest BCUT2D eigenvalue weighted by Crippen LogP contribution is -2.47. The Hall–Kier alpha value is -0.555. The van der Waals surface area contributed by atoms with Gasteiger partial charge in [0.15, 0.2) is 0 Å². The summed E-state index contributed by atoms with van der Waals surface area (Å²) >= 11 is 0. The summed E-state index contributed by atoms with van der Waals surface area (Å²) in [5.74, 6) is 0. The highest BCUT2D eigenvalue weighted by atomic mass is 31.2. The number of hydrogen-bond acceptors (Lipinski definition) is 6. The van der Waals surface area contributed by atoms with Gasteiger partial charge in [0.2, 0.25) is 0 Å². The monoisotopic (exact) mass is 261 g/mol. The van der Waals surface area contributed by atoms with Crippen molar-refractivity contribution in [3.05, 3.63) is 10.4 Å². The van der Waals surface area contributed by atoms with Gasteiger partial charge in [-0.1, -0.05) is 5.11 Å². The predicted molar refractivity (Wildman–Crippen MR) is 60.2 cm³/mol. The van der Waals surface area contributed by atoms with Gasteiger partial charge in [0.05, 0.1) is 12.1 Å². The van der Waals surface area contributed by atoms with E-state index in [2.05, 4.69) is 10.0 Å². The maximum absolute atomic E-state index is 11.9. The van der Waals surface area contributed by atoms with Gasteiger partial charge in [-0.25, -0.2) is 4.57 Å². The first-order valence-electron chi connectivity index (χ1n) is 5.15. The van der Waals surface area contributed by atoms with E-state index in [9.17, 15) is 4.57 Å². The highest BCUT2D eigenvalue weighted by molar-refractivity contribution is 7.48. The molecule has 2 rings (SSSR count). The van der Waals surface area contributed by atoms with Crippen LogP contribution in [0.3, 0.4) is 0 Å². The molecule has 5 atom stereocenters. The van der Waals surface area contributed by atoms with Gasteiger partial charge < -0.3 is 4.74 Å². The van der Waals surface area contributed by atoms with Crippen LogP contribution >= 0.6 is 7.82 Å². The summed E-state index contributed by atoms with van der Waals surface area (Å²) in [5, 5.41) is 3.72. The standard InChI is InChI=1S/C7H13BN3O5P/c1-7(10-11-9)5-4(15-6(7)8)3-14-17(12,13-2)16-5/h4-6H,3,8H2,1-2H3/t4-,5-,6-,7-,17?/m1/s1. The van der Waals surface area contributed by atoms with E-state index in [0.717, 1.165) is 0 Å². The summed E-state index contributed by atoms with van der Waals surface area (Å²) < 4.78 is 32.5. The van der Waals surface area contributed by atoms with E-state index in [1.807, 2.05) is 0 Å². The van der Waals surface area contributed by atoms with Crippen molar-refractivity contribution < 1.29 is 22.9 Å². The molecule has 0 aromatic carbocycles. The second-order valence-corrected chi connectivity index (χ2v) is 5.91. The van der Waals surface area contributed by atoms with E-state index in [1.54, 1.807) is 14.8 Å². The van der Waals surface area contributed by atoms with Crippen molar-refractivity contribution >= 4 is 15.7 Å². The van der Waals surface area contributed by atoms with Crippen molar-refractivity contribution in [2.45, 2.75) is 30.7 Å². The number of fused-ring (bicyclic) bond motifs is 1. The molecule has 94 valence electrons. The average Bonchev–Trinajstić information content (AvgIpc) is 2.53. The van der Waals surface area contributed by atoms with Crippen LogP contribution in [0.4, 0.5) is 0 Å². The van der Waals surface area contributed by atoms with Crippen LogP contribution in [0.1, 0.15) is 6.92 Å². The molecule has 0 bridgehead atoms. The molecule has 0 amide bonds. The molecular weight excluding hydrogens is 248 g/mol. The van der Waals surface area contributed by atoms with E-state index >= 15 is 0 Å². The zero-order valence-corrected chi connectivity index (χ0v) is 10.7. The molecule has 17 heavy (non-hydrogen) atoms. The Kier molecular flexibility index (Phi) is 3.24. The SMILES string of the molecule is B[C@@H]1O[C@@H]2COP(=O)(OC)O[C@H]2[C@@]1(C)N=[N+]=[N-]. The Morgan fingerprint density at radius 3 is 3.00 bits per heavy atom.